The average molecular weight is 484 g/mol. The number of nitro groups is 1. The van der Waals surface area contributed by atoms with Crippen molar-refractivity contribution < 1.29 is 9.31 Å². The molecular weight excluding hydrogens is 457 g/mol. The number of nitro benzene ring substituents is 1. The molecule has 0 radical (unpaired) electrons. The molecule has 2 aromatic heterocycles. The summed E-state index contributed by atoms with van der Waals surface area (Å²) >= 11 is 0. The van der Waals surface area contributed by atoms with Gasteiger partial charge in [-0.15, -0.1) is 0 Å². The van der Waals surface area contributed by atoms with Gasteiger partial charge in [0.15, 0.2) is 11.2 Å². The summed E-state index contributed by atoms with van der Waals surface area (Å²) in [6.45, 7) is 2.07. The number of aryl methyl sites for hydroxylation is 1. The number of imidazole rings is 1. The number of nitrogens with two attached hydrogens (primary N) is 1. The van der Waals surface area contributed by atoms with Crippen LogP contribution in [0.4, 0.5) is 16.0 Å². The molecule has 11 nitrogen and oxygen atoms in total. The molecule has 3 aromatic rings. The first-order chi connectivity index (χ1) is 16.7. The van der Waals surface area contributed by atoms with Crippen molar-refractivity contribution in [1.29, 1.82) is 0 Å². The zero-order valence-corrected chi connectivity index (χ0v) is 19.5. The van der Waals surface area contributed by atoms with Gasteiger partial charge in [-0.25, -0.2) is 9.18 Å². The van der Waals surface area contributed by atoms with E-state index in [2.05, 4.69) is 16.8 Å². The van der Waals surface area contributed by atoms with Crippen molar-refractivity contribution in [1.82, 2.24) is 18.7 Å². The Morgan fingerprint density at radius 1 is 1.29 bits per heavy atom. The smallest absolute Gasteiger partial charge is 0.333 e. The Labute approximate surface area is 199 Å². The van der Waals surface area contributed by atoms with Crippen molar-refractivity contribution in [3.8, 4) is 11.8 Å². The molecule has 1 aliphatic heterocycles. The Balaban J connectivity index is 1.92. The second kappa shape index (κ2) is 9.71. The van der Waals surface area contributed by atoms with Gasteiger partial charge in [-0.3, -0.25) is 28.6 Å². The van der Waals surface area contributed by atoms with Gasteiger partial charge in [0.25, 0.3) is 11.2 Å². The number of hydrogen-bond acceptors (Lipinski definition) is 7. The van der Waals surface area contributed by atoms with Crippen LogP contribution in [0, 0.1) is 22.0 Å². The van der Waals surface area contributed by atoms with E-state index in [0.717, 1.165) is 17.4 Å². The number of aromatic nitrogens is 4. The molecule has 0 saturated carbocycles. The van der Waals surface area contributed by atoms with Gasteiger partial charge in [0.1, 0.15) is 6.67 Å². The summed E-state index contributed by atoms with van der Waals surface area (Å²) in [6.07, 6.45) is 1.72. The third-order valence-corrected chi connectivity index (χ3v) is 6.30. The number of anilines is 1. The number of rotatable bonds is 5. The highest BCUT2D eigenvalue weighted by Crippen LogP contribution is 2.24. The number of non-ortho nitro benzene ring substituents is 1. The summed E-state index contributed by atoms with van der Waals surface area (Å²) in [6, 6.07) is 4.92. The lowest BCUT2D eigenvalue weighted by Crippen LogP contribution is -2.44. The van der Waals surface area contributed by atoms with E-state index in [4.69, 9.17) is 5.73 Å². The molecule has 184 valence electrons. The fraction of sp³-hybridized carbons (Fsp3) is 0.435. The number of hydrogen-bond donors (Lipinski definition) is 1. The maximum atomic E-state index is 13.7. The van der Waals surface area contributed by atoms with E-state index in [9.17, 15) is 24.1 Å². The lowest BCUT2D eigenvalue weighted by atomic mass is 10.1. The molecule has 0 aliphatic carbocycles. The summed E-state index contributed by atoms with van der Waals surface area (Å²) < 4.78 is 16.7. The highest BCUT2D eigenvalue weighted by molar-refractivity contribution is 5.75. The van der Waals surface area contributed by atoms with E-state index in [0.29, 0.717) is 24.6 Å². The van der Waals surface area contributed by atoms with E-state index in [1.165, 1.54) is 35.9 Å². The van der Waals surface area contributed by atoms with Crippen LogP contribution < -0.4 is 21.9 Å². The van der Waals surface area contributed by atoms with Gasteiger partial charge in [-0.1, -0.05) is 24.0 Å². The molecule has 1 fully saturated rings. The predicted octanol–water partition coefficient (Wildman–Crippen LogP) is 1.31. The first kappa shape index (κ1) is 24.2. The molecule has 2 N–H and O–H groups in total. The molecule has 1 unspecified atom stereocenters. The molecule has 1 aromatic carbocycles. The average Bonchev–Trinajstić information content (AvgIpc) is 3.23. The van der Waals surface area contributed by atoms with E-state index in [-0.39, 0.29) is 29.4 Å². The first-order valence-electron chi connectivity index (χ1n) is 11.2. The molecular formula is C23H26FN7O4. The van der Waals surface area contributed by atoms with Crippen molar-refractivity contribution in [2.45, 2.75) is 38.4 Å². The predicted molar refractivity (Wildman–Crippen MR) is 129 cm³/mol. The lowest BCUT2D eigenvalue weighted by Gasteiger charge is -2.31. The number of nitrogens with zero attached hydrogens (tertiary/aromatic N) is 6. The third kappa shape index (κ3) is 4.42. The first-order valence-corrected chi connectivity index (χ1v) is 11.2. The van der Waals surface area contributed by atoms with E-state index < -0.39 is 28.9 Å². The van der Waals surface area contributed by atoms with Gasteiger partial charge in [-0.2, -0.15) is 4.98 Å². The quantitative estimate of drug-likeness (QED) is 0.329. The number of benzene rings is 1. The standard InChI is InChI=1S/C23H26FN7O4/c1-15(16-7-9-18(10-8-16)31(34)35)30-21(32)19-20(27(2)23(30)33)26-22(29(19)13-4-3-11-24)28-12-5-6-17(25)14-28/h7-10,15,17H,5-6,11-14,25H2,1-2H3/t15?,17-/m1/s1. The molecule has 0 spiro atoms. The molecule has 12 heteroatoms. The number of fused-ring (bicyclic) bond motifs is 1. The Morgan fingerprint density at radius 3 is 2.63 bits per heavy atom. The molecule has 1 saturated heterocycles. The van der Waals surface area contributed by atoms with Crippen LogP contribution in [-0.2, 0) is 13.6 Å². The SMILES string of the molecule is CC(c1ccc([N+](=O)[O-])cc1)n1c(=O)c2c(nc(N3CCC[C@@H](N)C3)n2CC#CCF)n(C)c1=O. The summed E-state index contributed by atoms with van der Waals surface area (Å²) in [7, 11) is 1.53. The van der Waals surface area contributed by atoms with Crippen LogP contribution in [0.5, 0.6) is 0 Å². The van der Waals surface area contributed by atoms with Gasteiger partial charge in [-0.05, 0) is 25.3 Å². The van der Waals surface area contributed by atoms with Gasteiger partial charge in [0.05, 0.1) is 17.5 Å². The summed E-state index contributed by atoms with van der Waals surface area (Å²) in [4.78, 5) is 44.0. The summed E-state index contributed by atoms with van der Waals surface area (Å²) in [5.74, 6) is 5.55. The Hall–Kier alpha value is -3.98. The van der Waals surface area contributed by atoms with Gasteiger partial charge < -0.3 is 10.6 Å². The van der Waals surface area contributed by atoms with E-state index in [1.54, 1.807) is 11.5 Å². The van der Waals surface area contributed by atoms with Crippen molar-refractivity contribution >= 4 is 22.8 Å². The Kier molecular flexibility index (Phi) is 6.70. The third-order valence-electron chi connectivity index (χ3n) is 6.30. The van der Waals surface area contributed by atoms with Crippen LogP contribution in [0.2, 0.25) is 0 Å². The van der Waals surface area contributed by atoms with E-state index in [1.807, 2.05) is 4.90 Å². The zero-order chi connectivity index (χ0) is 25.3. The molecule has 1 aliphatic rings. The van der Waals surface area contributed by atoms with Gasteiger partial charge >= 0.3 is 5.69 Å². The summed E-state index contributed by atoms with van der Waals surface area (Å²) in [5, 5.41) is 11.0. The minimum absolute atomic E-state index is 0.0147. The van der Waals surface area contributed by atoms with Crippen LogP contribution in [-0.4, -0.2) is 49.4 Å². The highest BCUT2D eigenvalue weighted by Gasteiger charge is 2.27. The van der Waals surface area contributed by atoms with Crippen LogP contribution >= 0.6 is 0 Å². The van der Waals surface area contributed by atoms with Crippen LogP contribution in [0.3, 0.4) is 0 Å². The fourth-order valence-electron chi connectivity index (χ4n) is 4.46. The summed E-state index contributed by atoms with van der Waals surface area (Å²) in [5.41, 5.74) is 5.83. The topological polar surface area (TPSA) is 134 Å². The fourth-order valence-corrected chi connectivity index (χ4v) is 4.46. The Morgan fingerprint density at radius 2 is 2.00 bits per heavy atom. The minimum Gasteiger partial charge on any atom is -0.341 e. The van der Waals surface area contributed by atoms with Crippen LogP contribution in [0.1, 0.15) is 31.4 Å². The highest BCUT2D eigenvalue weighted by atomic mass is 19.1. The molecule has 0 bridgehead atoms. The second-order valence-electron chi connectivity index (χ2n) is 8.55. The normalized spacial score (nSPS) is 16.7. The molecule has 2 atom stereocenters. The van der Waals surface area contributed by atoms with Crippen LogP contribution in [0.15, 0.2) is 33.9 Å². The van der Waals surface area contributed by atoms with Crippen LogP contribution in [0.25, 0.3) is 11.2 Å². The maximum absolute atomic E-state index is 13.7. The second-order valence-corrected chi connectivity index (χ2v) is 8.55. The lowest BCUT2D eigenvalue weighted by molar-refractivity contribution is -0.384. The van der Waals surface area contributed by atoms with E-state index >= 15 is 0 Å². The minimum atomic E-state index is -0.823. The van der Waals surface area contributed by atoms with Crippen molar-refractivity contribution in [3.05, 3.63) is 60.8 Å². The van der Waals surface area contributed by atoms with Gasteiger partial charge in [0.2, 0.25) is 5.95 Å². The van der Waals surface area contributed by atoms with Crippen molar-refractivity contribution in [2.24, 2.45) is 12.8 Å². The Bertz CT molecular complexity index is 1450. The number of piperidine rings is 1. The number of halogens is 1. The molecule has 3 heterocycles. The molecule has 4 rings (SSSR count). The monoisotopic (exact) mass is 483 g/mol. The van der Waals surface area contributed by atoms with Crippen molar-refractivity contribution in [3.63, 3.8) is 0 Å². The zero-order valence-electron chi connectivity index (χ0n) is 19.5. The van der Waals surface area contributed by atoms with Gasteiger partial charge in [0, 0.05) is 38.3 Å². The van der Waals surface area contributed by atoms with Crippen molar-refractivity contribution in [2.75, 3.05) is 24.7 Å². The molecule has 0 amide bonds. The largest absolute Gasteiger partial charge is 0.341 e. The maximum Gasteiger partial charge on any atom is 0.333 e. The number of alkyl halides is 1. The molecule has 35 heavy (non-hydrogen) atoms.